The second-order valence-corrected chi connectivity index (χ2v) is 11.1. The molecule has 0 spiro atoms. The number of phenols is 1. The Morgan fingerprint density at radius 3 is 2.55 bits per heavy atom. The van der Waals surface area contributed by atoms with Crippen molar-refractivity contribution < 1.29 is 38.4 Å². The highest BCUT2D eigenvalue weighted by Crippen LogP contribution is 2.34. The van der Waals surface area contributed by atoms with Gasteiger partial charge in [-0.15, -0.1) is 0 Å². The van der Waals surface area contributed by atoms with Gasteiger partial charge >= 0.3 is 11.7 Å². The smallest absolute Gasteiger partial charge is 0.404 e. The van der Waals surface area contributed by atoms with Gasteiger partial charge in [0.25, 0.3) is 5.91 Å². The third kappa shape index (κ3) is 6.81. The lowest BCUT2D eigenvalue weighted by Crippen LogP contribution is -2.64. The molecule has 0 radical (unpaired) electrons. The summed E-state index contributed by atoms with van der Waals surface area (Å²) >= 11 is 0. The highest BCUT2D eigenvalue weighted by molar-refractivity contribution is 6.05. The molecule has 5 N–H and O–H groups in total. The van der Waals surface area contributed by atoms with Gasteiger partial charge in [0.05, 0.1) is 11.7 Å². The van der Waals surface area contributed by atoms with Crippen LogP contribution in [0, 0.1) is 0 Å². The lowest BCUT2D eigenvalue weighted by Gasteiger charge is -2.48. The zero-order valence-electron chi connectivity index (χ0n) is 24.2. The van der Waals surface area contributed by atoms with Gasteiger partial charge in [0, 0.05) is 24.5 Å². The molecule has 1 saturated heterocycles. The predicted octanol–water partition coefficient (Wildman–Crippen LogP) is 3.82. The maximum Gasteiger partial charge on any atom is 0.404 e. The molecule has 1 aliphatic heterocycles. The molecule has 11 nitrogen and oxygen atoms in total. The van der Waals surface area contributed by atoms with Gasteiger partial charge in [-0.05, 0) is 75.6 Å². The molecule has 2 amide bonds. The van der Waals surface area contributed by atoms with Gasteiger partial charge in [-0.3, -0.25) is 4.79 Å². The molecule has 224 valence electrons. The van der Waals surface area contributed by atoms with Gasteiger partial charge in [-0.25, -0.2) is 9.59 Å². The molecule has 2 heterocycles. The van der Waals surface area contributed by atoms with Crippen LogP contribution in [0.4, 0.5) is 10.5 Å². The van der Waals surface area contributed by atoms with Gasteiger partial charge in [-0.2, -0.15) is 0 Å². The van der Waals surface area contributed by atoms with E-state index >= 15 is 0 Å². The van der Waals surface area contributed by atoms with Crippen LogP contribution in [0.25, 0.3) is 11.0 Å². The summed E-state index contributed by atoms with van der Waals surface area (Å²) in [5.74, 6) is -0.445. The predicted molar refractivity (Wildman–Crippen MR) is 156 cm³/mol. The number of allylic oxidation sites excluding steroid dienone is 2. The van der Waals surface area contributed by atoms with E-state index in [4.69, 9.17) is 24.4 Å². The Morgan fingerprint density at radius 1 is 1.14 bits per heavy atom. The van der Waals surface area contributed by atoms with Crippen LogP contribution < -0.4 is 16.7 Å². The van der Waals surface area contributed by atoms with E-state index < -0.39 is 47.6 Å². The molecular weight excluding hydrogens is 544 g/mol. The van der Waals surface area contributed by atoms with Gasteiger partial charge in [0.1, 0.15) is 29.2 Å². The highest BCUT2D eigenvalue weighted by Gasteiger charge is 2.51. The minimum absolute atomic E-state index is 0.0380. The number of anilines is 1. The second kappa shape index (κ2) is 12.4. The van der Waals surface area contributed by atoms with E-state index in [1.807, 2.05) is 19.9 Å². The number of nitrogens with two attached hydrogens (primary N) is 1. The van der Waals surface area contributed by atoms with E-state index in [0.717, 1.165) is 5.57 Å². The number of primary amides is 1. The number of hydrogen-bond donors (Lipinski definition) is 4. The molecule has 4 rings (SSSR count). The highest BCUT2D eigenvalue weighted by atomic mass is 16.6. The molecule has 11 heteroatoms. The third-order valence-electron chi connectivity index (χ3n) is 7.22. The minimum Gasteiger partial charge on any atom is -0.508 e. The summed E-state index contributed by atoms with van der Waals surface area (Å²) in [5, 5.41) is 24.3. The van der Waals surface area contributed by atoms with Crippen LogP contribution in [0.2, 0.25) is 0 Å². The number of nitrogens with one attached hydrogen (secondary N) is 1. The van der Waals surface area contributed by atoms with Crippen LogP contribution in [0.15, 0.2) is 63.3 Å². The van der Waals surface area contributed by atoms with Crippen LogP contribution in [0.1, 0.15) is 49.2 Å². The van der Waals surface area contributed by atoms with E-state index in [1.54, 1.807) is 38.1 Å². The SMILES string of the molecule is COC1C(OC(N)=O)C(O)C(Cc2ccc3cc(NC(=O)c4ccc(O)c(CC=C(C)C)c4)c(=O)oc3c2)OC1(C)C. The molecule has 1 aromatic heterocycles. The Kier molecular flexibility index (Phi) is 9.05. The fraction of sp³-hybridized carbons (Fsp3) is 0.387. The van der Waals surface area contributed by atoms with E-state index in [2.05, 4.69) is 5.32 Å². The number of aliphatic hydroxyl groups excluding tert-OH is 1. The zero-order valence-corrected chi connectivity index (χ0v) is 24.2. The molecule has 1 fully saturated rings. The summed E-state index contributed by atoms with van der Waals surface area (Å²) in [6, 6.07) is 11.2. The number of methoxy groups -OCH3 is 1. The van der Waals surface area contributed by atoms with Gasteiger partial charge in [-0.1, -0.05) is 23.8 Å². The topological polar surface area (TPSA) is 171 Å². The Bertz CT molecular complexity index is 1570. The number of carbonyl (C=O) groups is 2. The van der Waals surface area contributed by atoms with Crippen LogP contribution in [-0.2, 0) is 27.1 Å². The average Bonchev–Trinajstić information content (AvgIpc) is 2.91. The monoisotopic (exact) mass is 580 g/mol. The molecule has 4 atom stereocenters. The lowest BCUT2D eigenvalue weighted by molar-refractivity contribution is -0.260. The Hall–Kier alpha value is -4.19. The molecule has 1 aliphatic rings. The fourth-order valence-corrected chi connectivity index (χ4v) is 5.16. The van der Waals surface area contributed by atoms with E-state index in [9.17, 15) is 24.6 Å². The van der Waals surface area contributed by atoms with E-state index in [-0.39, 0.29) is 29.0 Å². The number of aliphatic hydroxyl groups is 1. The minimum atomic E-state index is -1.24. The number of ether oxygens (including phenoxy) is 3. The summed E-state index contributed by atoms with van der Waals surface area (Å²) in [4.78, 5) is 37.2. The third-order valence-corrected chi connectivity index (χ3v) is 7.22. The first kappa shape index (κ1) is 30.8. The van der Waals surface area contributed by atoms with E-state index in [1.165, 1.54) is 25.3 Å². The average molecular weight is 581 g/mol. The van der Waals surface area contributed by atoms with Crippen molar-refractivity contribution in [2.24, 2.45) is 5.73 Å². The molecule has 2 aromatic carbocycles. The molecular formula is C31H36N2O9. The maximum absolute atomic E-state index is 12.9. The van der Waals surface area contributed by atoms with Crippen LogP contribution in [0.5, 0.6) is 5.75 Å². The van der Waals surface area contributed by atoms with Crippen molar-refractivity contribution in [2.75, 3.05) is 12.4 Å². The van der Waals surface area contributed by atoms with Crippen LogP contribution in [-0.4, -0.2) is 59.3 Å². The summed E-state index contributed by atoms with van der Waals surface area (Å²) < 4.78 is 22.3. The normalized spacial score (nSPS) is 21.5. The first-order chi connectivity index (χ1) is 19.8. The van der Waals surface area contributed by atoms with Gasteiger partial charge in [0.15, 0.2) is 6.10 Å². The number of aromatic hydroxyl groups is 1. The summed E-state index contributed by atoms with van der Waals surface area (Å²) in [6.07, 6.45) is -2.27. The number of rotatable bonds is 8. The lowest BCUT2D eigenvalue weighted by atomic mass is 9.85. The number of phenolic OH excluding ortho intramolecular Hbond substituents is 1. The molecule has 0 bridgehead atoms. The second-order valence-electron chi connectivity index (χ2n) is 11.1. The zero-order chi connectivity index (χ0) is 30.8. The number of carbonyl (C=O) groups excluding carboxylic acids is 2. The van der Waals surface area contributed by atoms with Crippen molar-refractivity contribution in [3.05, 3.63) is 81.2 Å². The van der Waals surface area contributed by atoms with Crippen molar-refractivity contribution >= 4 is 28.7 Å². The molecule has 0 aliphatic carbocycles. The fourth-order valence-electron chi connectivity index (χ4n) is 5.16. The standard InChI is InChI=1S/C31H36N2O9/c1-16(2)6-8-18-14-20(10-11-22(18)34)28(36)33-21-15-19-9-7-17(12-23(19)40-29(21)37)13-24-25(35)26(41-30(32)38)27(39-5)31(3,4)42-24/h6-7,9-12,14-15,24-27,34-35H,8,13H2,1-5H3,(H2,32,38)(H,33,36). The van der Waals surface area contributed by atoms with E-state index in [0.29, 0.717) is 22.9 Å². The summed E-state index contributed by atoms with van der Waals surface area (Å²) in [6.45, 7) is 7.40. The number of amides is 2. The first-order valence-corrected chi connectivity index (χ1v) is 13.5. The van der Waals surface area contributed by atoms with Crippen molar-refractivity contribution in [1.82, 2.24) is 0 Å². The number of fused-ring (bicyclic) bond motifs is 1. The van der Waals surface area contributed by atoms with Crippen molar-refractivity contribution in [1.29, 1.82) is 0 Å². The first-order valence-electron chi connectivity index (χ1n) is 13.5. The Morgan fingerprint density at radius 2 is 1.88 bits per heavy atom. The van der Waals surface area contributed by atoms with Crippen molar-refractivity contribution in [2.45, 2.75) is 70.6 Å². The van der Waals surface area contributed by atoms with Gasteiger partial charge < -0.3 is 39.9 Å². The van der Waals surface area contributed by atoms with Gasteiger partial charge in [0.2, 0.25) is 0 Å². The summed E-state index contributed by atoms with van der Waals surface area (Å²) in [5.41, 5.74) is 6.42. The maximum atomic E-state index is 12.9. The summed E-state index contributed by atoms with van der Waals surface area (Å²) in [7, 11) is 1.43. The van der Waals surface area contributed by atoms with Crippen molar-refractivity contribution in [3.8, 4) is 5.75 Å². The Labute approximate surface area is 242 Å². The molecule has 42 heavy (non-hydrogen) atoms. The Balaban J connectivity index is 1.54. The quantitative estimate of drug-likeness (QED) is 0.228. The number of hydrogen-bond acceptors (Lipinski definition) is 9. The number of benzene rings is 2. The van der Waals surface area contributed by atoms with Crippen LogP contribution >= 0.6 is 0 Å². The molecule has 0 saturated carbocycles. The van der Waals surface area contributed by atoms with Crippen molar-refractivity contribution in [3.63, 3.8) is 0 Å². The molecule has 3 aromatic rings. The molecule has 4 unspecified atom stereocenters. The largest absolute Gasteiger partial charge is 0.508 e. The van der Waals surface area contributed by atoms with Crippen LogP contribution in [0.3, 0.4) is 0 Å².